The molecular weight excluding hydrogens is 785 g/mol. The van der Waals surface area contributed by atoms with E-state index in [1.165, 1.54) is 113 Å². The van der Waals surface area contributed by atoms with Crippen molar-refractivity contribution in [3.8, 4) is 0 Å². The van der Waals surface area contributed by atoms with E-state index < -0.39 is 5.60 Å². The van der Waals surface area contributed by atoms with Crippen molar-refractivity contribution in [3.63, 3.8) is 0 Å². The van der Waals surface area contributed by atoms with Crippen LogP contribution in [-0.2, 0) is 4.74 Å². The van der Waals surface area contributed by atoms with E-state index in [4.69, 9.17) is 4.74 Å². The standard InChI is InChI=1S/C15H26O2.2C15H24O.C15H24/c1-10-4-6-12-11(2)5-7-14(13(12)8-10)15(3,17)9-16;1-10-4-6-12-11(2)5-7-14(13(12)8-10)15(3)9-16-15;1-10-4-6-13-11(2)5-7-14(12(3)9-16)15(13)8-10;1-10(2)13-8-6-12(4)14-7-5-11(3)9-15(13)14/h8,11-14,16-17H,4-7,9H2,1-3H3;8,11-14H,4-7,9H2,1-3H3;8,11,13-16H,3-7,9H2,1-2H3;9,12-15H,1,5-8H2,2-4H3/t2*11-,12+,13+,14+,15?;11-,13+,14-,15+;12-,13-,14+,15-/m1111/s1. The Morgan fingerprint density at radius 3 is 1.41 bits per heavy atom. The van der Waals surface area contributed by atoms with Gasteiger partial charge in [0.15, 0.2) is 0 Å². The minimum Gasteiger partial charge on any atom is -0.393 e. The fraction of sp³-hybridized carbons (Fsp3) is 0.800. The molecule has 1 aliphatic heterocycles. The molecule has 64 heavy (non-hydrogen) atoms. The number of aliphatic hydroxyl groups excluding tert-OH is 2. The van der Waals surface area contributed by atoms with Gasteiger partial charge in [0, 0.05) is 0 Å². The second-order valence-electron chi connectivity index (χ2n) is 24.6. The first kappa shape index (κ1) is 51.7. The Morgan fingerprint density at radius 2 is 0.969 bits per heavy atom. The SMILES string of the molecule is C=C(C)[C@H]1CC[C@@H](C)[C@@H]2CCC(C)=C[C@@H]21.C=C(CO)[C@H]1CC[C@@H](C)[C@@H]2CCC(C)=C[C@@H]21.CC1=C[C@H]2[C@@H](CC1)[C@H](C)CC[C@@H]2C(C)(O)CO.CC1=C[C@H]2[C@@H](CC1)[C@H](C)CC[C@@H]2C1(C)CO1. The molecule has 9 rings (SSSR count). The van der Waals surface area contributed by atoms with Crippen LogP contribution in [0.2, 0.25) is 0 Å². The van der Waals surface area contributed by atoms with E-state index in [-0.39, 0.29) is 24.7 Å². The summed E-state index contributed by atoms with van der Waals surface area (Å²) in [5.41, 5.74) is 7.98. The van der Waals surface area contributed by atoms with Crippen LogP contribution in [0.15, 0.2) is 70.9 Å². The number of epoxide rings is 1. The van der Waals surface area contributed by atoms with Crippen LogP contribution in [-0.4, -0.2) is 46.3 Å². The normalized spacial score (nSPS) is 43.2. The first-order valence-electron chi connectivity index (χ1n) is 26.9. The Labute approximate surface area is 394 Å². The molecule has 2 unspecified atom stereocenters. The fourth-order valence-corrected chi connectivity index (χ4v) is 15.3. The van der Waals surface area contributed by atoms with Gasteiger partial charge in [-0.05, 0) is 239 Å². The lowest BCUT2D eigenvalue weighted by Gasteiger charge is -2.48. The van der Waals surface area contributed by atoms with Gasteiger partial charge in [-0.2, -0.15) is 0 Å². The first-order chi connectivity index (χ1) is 30.3. The maximum Gasteiger partial charge on any atom is 0.0922 e. The van der Waals surface area contributed by atoms with Crippen LogP contribution < -0.4 is 0 Å². The van der Waals surface area contributed by atoms with Crippen LogP contribution in [0.3, 0.4) is 0 Å². The summed E-state index contributed by atoms with van der Waals surface area (Å²) in [6.07, 6.45) is 30.9. The van der Waals surface area contributed by atoms with Gasteiger partial charge in [-0.25, -0.2) is 0 Å². The molecule has 0 radical (unpaired) electrons. The van der Waals surface area contributed by atoms with E-state index in [0.717, 1.165) is 83.7 Å². The van der Waals surface area contributed by atoms with E-state index in [2.05, 4.69) is 107 Å². The maximum atomic E-state index is 10.4. The minimum absolute atomic E-state index is 0.123. The summed E-state index contributed by atoms with van der Waals surface area (Å²) >= 11 is 0. The van der Waals surface area contributed by atoms with Crippen molar-refractivity contribution in [1.82, 2.24) is 0 Å². The van der Waals surface area contributed by atoms with Gasteiger partial charge < -0.3 is 20.1 Å². The monoisotopic (exact) mass is 883 g/mol. The number of aliphatic hydroxyl groups is 3. The van der Waals surface area contributed by atoms with Gasteiger partial charge >= 0.3 is 0 Å². The molecule has 0 aromatic carbocycles. The second-order valence-corrected chi connectivity index (χ2v) is 24.6. The van der Waals surface area contributed by atoms with E-state index in [1.54, 1.807) is 18.1 Å². The topological polar surface area (TPSA) is 73.2 Å². The Balaban J connectivity index is 0.000000142. The van der Waals surface area contributed by atoms with Crippen LogP contribution in [0.1, 0.15) is 179 Å². The number of rotatable bonds is 6. The summed E-state index contributed by atoms with van der Waals surface area (Å²) in [6.45, 7) is 34.3. The van der Waals surface area contributed by atoms with Gasteiger partial charge in [-0.1, -0.05) is 106 Å². The second kappa shape index (κ2) is 22.1. The summed E-state index contributed by atoms with van der Waals surface area (Å²) in [5, 5.41) is 29.1. The van der Waals surface area contributed by atoms with Crippen molar-refractivity contribution in [2.24, 2.45) is 94.7 Å². The van der Waals surface area contributed by atoms with Crippen LogP contribution in [0.4, 0.5) is 0 Å². The summed E-state index contributed by atoms with van der Waals surface area (Å²) in [5.74, 6) is 11.9. The smallest absolute Gasteiger partial charge is 0.0922 e. The van der Waals surface area contributed by atoms with E-state index in [0.29, 0.717) is 23.7 Å². The molecule has 4 saturated carbocycles. The van der Waals surface area contributed by atoms with Crippen molar-refractivity contribution in [3.05, 3.63) is 70.9 Å². The van der Waals surface area contributed by atoms with Crippen molar-refractivity contribution in [1.29, 1.82) is 0 Å². The van der Waals surface area contributed by atoms with Gasteiger partial charge in [0.25, 0.3) is 0 Å². The van der Waals surface area contributed by atoms with Gasteiger partial charge in [-0.15, -0.1) is 0 Å². The summed E-state index contributed by atoms with van der Waals surface area (Å²) in [4.78, 5) is 0. The van der Waals surface area contributed by atoms with Crippen molar-refractivity contribution in [2.45, 2.75) is 190 Å². The summed E-state index contributed by atoms with van der Waals surface area (Å²) < 4.78 is 5.73. The number of hydrogen-bond donors (Lipinski definition) is 3. The lowest BCUT2D eigenvalue weighted by atomic mass is 9.59. The molecule has 4 heteroatoms. The molecule has 362 valence electrons. The van der Waals surface area contributed by atoms with E-state index in [1.807, 2.05) is 0 Å². The van der Waals surface area contributed by atoms with Crippen molar-refractivity contribution in [2.75, 3.05) is 19.8 Å². The minimum atomic E-state index is -0.919. The zero-order chi connectivity index (χ0) is 46.7. The molecule has 8 aliphatic carbocycles. The highest BCUT2D eigenvalue weighted by molar-refractivity contribution is 5.19. The molecule has 18 atom stereocenters. The average molecular weight is 883 g/mol. The molecule has 1 heterocycles. The van der Waals surface area contributed by atoms with E-state index >= 15 is 0 Å². The van der Waals surface area contributed by atoms with Crippen LogP contribution in [0.25, 0.3) is 0 Å². The van der Waals surface area contributed by atoms with Crippen LogP contribution in [0.5, 0.6) is 0 Å². The maximum absolute atomic E-state index is 10.4. The van der Waals surface area contributed by atoms with Gasteiger partial charge in [0.05, 0.1) is 31.0 Å². The third kappa shape index (κ3) is 12.1. The quantitative estimate of drug-likeness (QED) is 0.184. The molecule has 5 fully saturated rings. The molecule has 4 nitrogen and oxygen atoms in total. The first-order valence-corrected chi connectivity index (χ1v) is 26.9. The number of ether oxygens (including phenoxy) is 1. The average Bonchev–Trinajstić information content (AvgIpc) is 4.01. The summed E-state index contributed by atoms with van der Waals surface area (Å²) in [6, 6.07) is 0. The van der Waals surface area contributed by atoms with Crippen molar-refractivity contribution < 1.29 is 20.1 Å². The molecule has 1 saturated heterocycles. The molecule has 0 amide bonds. The Hall–Kier alpha value is -1.72. The lowest BCUT2D eigenvalue weighted by Crippen LogP contribution is -2.48. The van der Waals surface area contributed by atoms with Crippen molar-refractivity contribution >= 4 is 0 Å². The molecule has 0 aromatic heterocycles. The molecule has 3 N–H and O–H groups in total. The van der Waals surface area contributed by atoms with E-state index in [9.17, 15) is 15.3 Å². The molecule has 0 bridgehead atoms. The largest absolute Gasteiger partial charge is 0.393 e. The predicted molar refractivity (Wildman–Crippen MR) is 271 cm³/mol. The van der Waals surface area contributed by atoms with Gasteiger partial charge in [0.1, 0.15) is 0 Å². The van der Waals surface area contributed by atoms with Gasteiger partial charge in [0.2, 0.25) is 0 Å². The summed E-state index contributed by atoms with van der Waals surface area (Å²) in [7, 11) is 0. The number of hydrogen-bond acceptors (Lipinski definition) is 4. The molecular formula is C60H98O4. The van der Waals surface area contributed by atoms with Gasteiger partial charge in [-0.3, -0.25) is 0 Å². The molecule has 0 spiro atoms. The zero-order valence-electron chi connectivity index (χ0n) is 43.1. The fourth-order valence-electron chi connectivity index (χ4n) is 15.3. The lowest BCUT2D eigenvalue weighted by molar-refractivity contribution is -0.0896. The molecule has 9 aliphatic rings. The Morgan fingerprint density at radius 1 is 0.594 bits per heavy atom. The molecule has 0 aromatic rings. The highest BCUT2D eigenvalue weighted by Gasteiger charge is 2.53. The predicted octanol–water partition coefficient (Wildman–Crippen LogP) is 14.7. The third-order valence-electron chi connectivity index (χ3n) is 19.8. The Bertz CT molecular complexity index is 1700. The number of allylic oxidation sites excluding steroid dienone is 9. The Kier molecular flexibility index (Phi) is 17.9. The zero-order valence-corrected chi connectivity index (χ0v) is 43.1. The van der Waals surface area contributed by atoms with Crippen LogP contribution in [0, 0.1) is 94.7 Å². The third-order valence-corrected chi connectivity index (χ3v) is 19.8. The van der Waals surface area contributed by atoms with Crippen LogP contribution >= 0.6 is 0 Å². The number of fused-ring (bicyclic) bond motifs is 4. The highest BCUT2D eigenvalue weighted by atomic mass is 16.6. The highest BCUT2D eigenvalue weighted by Crippen LogP contribution is 2.54.